The van der Waals surface area contributed by atoms with Crippen molar-refractivity contribution in [2.24, 2.45) is 0 Å². The number of carbonyl (C=O) groups excluding carboxylic acids is 1. The third kappa shape index (κ3) is 4.64. The molecule has 1 aromatic carbocycles. The average molecular weight is 431 g/mol. The number of rotatable bonds is 5. The number of halogens is 1. The Morgan fingerprint density at radius 1 is 1.24 bits per heavy atom. The van der Waals surface area contributed by atoms with Crippen molar-refractivity contribution in [3.8, 4) is 0 Å². The summed E-state index contributed by atoms with van der Waals surface area (Å²) in [6.07, 6.45) is 3.03. The Balaban J connectivity index is 1.45. The number of nitrogens with one attached hydrogen (secondary N) is 2. The summed E-state index contributed by atoms with van der Waals surface area (Å²) in [6.45, 7) is 4.84. The first kappa shape index (κ1) is 19.6. The number of benzene rings is 1. The number of carbonyl (C=O) groups is 1. The fourth-order valence-electron chi connectivity index (χ4n) is 2.89. The van der Waals surface area contributed by atoms with E-state index < -0.39 is 0 Å². The van der Waals surface area contributed by atoms with Crippen LogP contribution in [0, 0.1) is 6.92 Å². The zero-order valence-electron chi connectivity index (χ0n) is 15.7. The normalized spacial score (nSPS) is 13.9. The van der Waals surface area contributed by atoms with Gasteiger partial charge in [0.25, 0.3) is 5.91 Å². The number of para-hydroxylation sites is 1. The monoisotopic (exact) mass is 430 g/mol. The maximum atomic E-state index is 12.6. The molecule has 8 nitrogen and oxygen atoms in total. The van der Waals surface area contributed by atoms with Crippen LogP contribution in [0.5, 0.6) is 0 Å². The molecule has 3 aromatic rings. The summed E-state index contributed by atoms with van der Waals surface area (Å²) in [7, 11) is 0. The third-order valence-corrected chi connectivity index (χ3v) is 5.64. The second-order valence-corrected chi connectivity index (χ2v) is 7.84. The molecule has 3 heterocycles. The van der Waals surface area contributed by atoms with Gasteiger partial charge in [0, 0.05) is 19.2 Å². The molecule has 2 aromatic heterocycles. The van der Waals surface area contributed by atoms with E-state index in [2.05, 4.69) is 30.5 Å². The Kier molecular flexibility index (Phi) is 5.89. The molecule has 0 radical (unpaired) electrons. The third-order valence-electron chi connectivity index (χ3n) is 4.41. The number of hydrogen-bond donors (Lipinski definition) is 2. The van der Waals surface area contributed by atoms with E-state index >= 15 is 0 Å². The molecule has 0 atom stereocenters. The Hall–Kier alpha value is -2.75. The number of amides is 1. The van der Waals surface area contributed by atoms with Gasteiger partial charge in [-0.2, -0.15) is 0 Å². The predicted molar refractivity (Wildman–Crippen MR) is 115 cm³/mol. The van der Waals surface area contributed by atoms with Gasteiger partial charge in [-0.05, 0) is 18.6 Å². The summed E-state index contributed by atoms with van der Waals surface area (Å²) in [5.41, 5.74) is 1.50. The fourth-order valence-corrected chi connectivity index (χ4v) is 3.88. The molecule has 0 spiro atoms. The number of ether oxygens (including phenoxy) is 1. The zero-order valence-corrected chi connectivity index (χ0v) is 17.3. The molecule has 150 valence electrons. The van der Waals surface area contributed by atoms with Crippen LogP contribution in [0.4, 0.5) is 22.5 Å². The molecule has 0 bridgehead atoms. The Bertz CT molecular complexity index is 1000. The lowest BCUT2D eigenvalue weighted by Gasteiger charge is -2.27. The first-order valence-electron chi connectivity index (χ1n) is 9.04. The summed E-state index contributed by atoms with van der Waals surface area (Å²) >= 11 is 7.42. The molecule has 1 saturated heterocycles. The molecular formula is C19H19ClN6O2S. The maximum Gasteiger partial charge on any atom is 0.267 e. The summed E-state index contributed by atoms with van der Waals surface area (Å²) in [5, 5.41) is 7.05. The molecule has 10 heteroatoms. The molecule has 0 saturated carbocycles. The van der Waals surface area contributed by atoms with E-state index in [9.17, 15) is 4.79 Å². The van der Waals surface area contributed by atoms with Crippen molar-refractivity contribution in [2.75, 3.05) is 41.8 Å². The summed E-state index contributed by atoms with van der Waals surface area (Å²) in [6, 6.07) is 7.34. The highest BCUT2D eigenvalue weighted by Gasteiger charge is 2.16. The molecule has 0 unspecified atom stereocenters. The van der Waals surface area contributed by atoms with E-state index in [4.69, 9.17) is 16.3 Å². The minimum atomic E-state index is -0.261. The molecule has 1 aliphatic rings. The number of anilines is 4. The van der Waals surface area contributed by atoms with E-state index in [0.717, 1.165) is 24.5 Å². The molecule has 1 fully saturated rings. The topological polar surface area (TPSA) is 92.3 Å². The Morgan fingerprint density at radius 2 is 2.07 bits per heavy atom. The van der Waals surface area contributed by atoms with Crippen LogP contribution in [-0.4, -0.2) is 47.2 Å². The van der Waals surface area contributed by atoms with Crippen molar-refractivity contribution in [3.05, 3.63) is 52.3 Å². The largest absolute Gasteiger partial charge is 0.378 e. The van der Waals surface area contributed by atoms with Crippen molar-refractivity contribution < 1.29 is 9.53 Å². The quantitative estimate of drug-likeness (QED) is 0.637. The van der Waals surface area contributed by atoms with Gasteiger partial charge in [0.1, 0.15) is 22.8 Å². The van der Waals surface area contributed by atoms with Crippen molar-refractivity contribution >= 4 is 51.3 Å². The molecule has 29 heavy (non-hydrogen) atoms. The number of aryl methyl sites for hydroxylation is 1. The lowest BCUT2D eigenvalue weighted by atomic mass is 10.2. The number of thiazole rings is 1. The standard InChI is InChI=1S/C19H19ClN6O2S/c1-12-3-2-4-13(20)17(12)25-18(27)14-10-21-19(29-14)24-15-9-16(23-11-22-15)26-5-7-28-8-6-26/h2-4,9-11H,5-8H2,1H3,(H,25,27)(H,21,22,23,24). The number of nitrogens with zero attached hydrogens (tertiary/aromatic N) is 4. The number of aromatic nitrogens is 3. The van der Waals surface area contributed by atoms with Gasteiger partial charge in [-0.3, -0.25) is 4.79 Å². The van der Waals surface area contributed by atoms with Crippen LogP contribution < -0.4 is 15.5 Å². The minimum Gasteiger partial charge on any atom is -0.378 e. The SMILES string of the molecule is Cc1cccc(Cl)c1NC(=O)c1cnc(Nc2cc(N3CCOCC3)ncn2)s1. The van der Waals surface area contributed by atoms with Crippen molar-refractivity contribution in [1.29, 1.82) is 0 Å². The van der Waals surface area contributed by atoms with Gasteiger partial charge < -0.3 is 20.3 Å². The summed E-state index contributed by atoms with van der Waals surface area (Å²) in [4.78, 5) is 28.0. The van der Waals surface area contributed by atoms with Crippen LogP contribution >= 0.6 is 22.9 Å². The Morgan fingerprint density at radius 3 is 2.86 bits per heavy atom. The molecule has 1 amide bonds. The van der Waals surface area contributed by atoms with Crippen molar-refractivity contribution in [2.45, 2.75) is 6.92 Å². The van der Waals surface area contributed by atoms with E-state index in [1.807, 2.05) is 25.1 Å². The second-order valence-electron chi connectivity index (χ2n) is 6.40. The van der Waals surface area contributed by atoms with Crippen molar-refractivity contribution in [3.63, 3.8) is 0 Å². The van der Waals surface area contributed by atoms with Crippen LogP contribution in [0.3, 0.4) is 0 Å². The van der Waals surface area contributed by atoms with Gasteiger partial charge in [0.05, 0.1) is 30.1 Å². The lowest BCUT2D eigenvalue weighted by molar-refractivity contribution is 0.103. The van der Waals surface area contributed by atoms with Crippen LogP contribution in [0.1, 0.15) is 15.2 Å². The van der Waals surface area contributed by atoms with E-state index in [1.54, 1.807) is 6.07 Å². The van der Waals surface area contributed by atoms with E-state index in [1.165, 1.54) is 23.9 Å². The lowest BCUT2D eigenvalue weighted by Crippen LogP contribution is -2.36. The second kappa shape index (κ2) is 8.73. The first-order valence-corrected chi connectivity index (χ1v) is 10.2. The van der Waals surface area contributed by atoms with Crippen molar-refractivity contribution in [1.82, 2.24) is 15.0 Å². The maximum absolute atomic E-state index is 12.6. The minimum absolute atomic E-state index is 0.261. The number of hydrogen-bond acceptors (Lipinski definition) is 8. The molecule has 2 N–H and O–H groups in total. The van der Waals surface area contributed by atoms with Gasteiger partial charge in [-0.1, -0.05) is 35.1 Å². The van der Waals surface area contributed by atoms with Gasteiger partial charge in [-0.15, -0.1) is 0 Å². The summed E-state index contributed by atoms with van der Waals surface area (Å²) in [5.74, 6) is 1.18. The molecule has 1 aliphatic heterocycles. The van der Waals surface area contributed by atoms with E-state index in [0.29, 0.717) is 39.8 Å². The van der Waals surface area contributed by atoms with Crippen LogP contribution in [-0.2, 0) is 4.74 Å². The van der Waals surface area contributed by atoms with E-state index in [-0.39, 0.29) is 5.91 Å². The highest BCUT2D eigenvalue weighted by atomic mass is 35.5. The van der Waals surface area contributed by atoms with Crippen LogP contribution in [0.25, 0.3) is 0 Å². The van der Waals surface area contributed by atoms with Gasteiger partial charge in [-0.25, -0.2) is 15.0 Å². The van der Waals surface area contributed by atoms with Gasteiger partial charge >= 0.3 is 0 Å². The predicted octanol–water partition coefficient (Wildman–Crippen LogP) is 3.73. The average Bonchev–Trinajstić information content (AvgIpc) is 3.20. The Labute approximate surface area is 176 Å². The first-order chi connectivity index (χ1) is 14.1. The molecule has 0 aliphatic carbocycles. The zero-order chi connectivity index (χ0) is 20.2. The number of morpholine rings is 1. The smallest absolute Gasteiger partial charge is 0.267 e. The highest BCUT2D eigenvalue weighted by Crippen LogP contribution is 2.28. The van der Waals surface area contributed by atoms with Crippen LogP contribution in [0.2, 0.25) is 5.02 Å². The van der Waals surface area contributed by atoms with Gasteiger partial charge in [0.2, 0.25) is 0 Å². The molecular weight excluding hydrogens is 412 g/mol. The molecule has 4 rings (SSSR count). The highest BCUT2D eigenvalue weighted by molar-refractivity contribution is 7.17. The fraction of sp³-hybridized carbons (Fsp3) is 0.263. The summed E-state index contributed by atoms with van der Waals surface area (Å²) < 4.78 is 5.37. The van der Waals surface area contributed by atoms with Crippen LogP contribution in [0.15, 0.2) is 36.8 Å². The van der Waals surface area contributed by atoms with Gasteiger partial charge in [0.15, 0.2) is 5.13 Å².